The Kier molecular flexibility index (Phi) is 7.75. The first kappa shape index (κ1) is 28.4. The number of aliphatic hydroxyl groups excluding tert-OH is 3. The number of hydrogen-bond donors (Lipinski definition) is 3. The summed E-state index contributed by atoms with van der Waals surface area (Å²) in [5.74, 6) is 1.25. The van der Waals surface area contributed by atoms with Gasteiger partial charge in [0.25, 0.3) is 0 Å². The van der Waals surface area contributed by atoms with E-state index in [9.17, 15) is 24.9 Å². The molecule has 0 amide bonds. The van der Waals surface area contributed by atoms with Crippen LogP contribution >= 0.6 is 0 Å². The molecule has 3 unspecified atom stereocenters. The molecule has 5 heterocycles. The van der Waals surface area contributed by atoms with E-state index in [1.807, 2.05) is 12.1 Å². The molecule has 0 radical (unpaired) electrons. The van der Waals surface area contributed by atoms with Crippen LogP contribution in [0.15, 0.2) is 18.2 Å². The third-order valence-corrected chi connectivity index (χ3v) is 9.46. The number of piperidine rings is 2. The van der Waals surface area contributed by atoms with Crippen molar-refractivity contribution in [1.29, 1.82) is 0 Å². The van der Waals surface area contributed by atoms with Crippen LogP contribution in [-0.4, -0.2) is 99.9 Å². The quantitative estimate of drug-likeness (QED) is 0.441. The minimum absolute atomic E-state index is 0.230. The molecule has 4 fully saturated rings. The standard InChI is InChI=1S/C30H40N2O9/c1-4-17-10-16-11-21-24(17)31(13-16)9-8-19-20-12-18(6-7-22(20)32(25(19)21)30(37)38-5-2)40-29-28(36)27(35)26(34)23(41-29)14-39-15(3)33/h6-7,12,16-17,21,23-24,26-29,34-36H,4-5,8-11,13-14H2,1-3H3/t16-,17-,21+,23+,24?,26+,27-,28+,29?/m0/s1. The number of aliphatic hydroxyl groups is 3. The first-order valence-corrected chi connectivity index (χ1v) is 14.8. The SMILES string of the molecule is CCOC(=O)n1c2c(c3cc(OC4O[C@H](COC(C)=O)[C@@H](O)[C@H](O)[C@H]4O)ccc31)CCN1C[C@H]3C[C@H](CC)C1[C@H]2C3. The minimum Gasteiger partial charge on any atom is -0.463 e. The summed E-state index contributed by atoms with van der Waals surface area (Å²) < 4.78 is 24.0. The zero-order chi connectivity index (χ0) is 29.0. The highest BCUT2D eigenvalue weighted by Crippen LogP contribution is 2.52. The highest BCUT2D eigenvalue weighted by Gasteiger charge is 2.50. The Hall–Kier alpha value is -2.70. The van der Waals surface area contributed by atoms with E-state index in [1.165, 1.54) is 13.3 Å². The van der Waals surface area contributed by atoms with E-state index in [2.05, 4.69) is 11.8 Å². The Morgan fingerprint density at radius 1 is 1.07 bits per heavy atom. The van der Waals surface area contributed by atoms with Gasteiger partial charge in [-0.1, -0.05) is 13.3 Å². The van der Waals surface area contributed by atoms with Gasteiger partial charge >= 0.3 is 12.1 Å². The van der Waals surface area contributed by atoms with E-state index in [0.717, 1.165) is 54.5 Å². The fourth-order valence-electron chi connectivity index (χ4n) is 7.77. The number of nitrogens with zero attached hydrogens (tertiary/aromatic N) is 2. The van der Waals surface area contributed by atoms with Crippen LogP contribution in [0.25, 0.3) is 10.9 Å². The summed E-state index contributed by atoms with van der Waals surface area (Å²) in [6, 6.07) is 5.76. The normalized spacial score (nSPS) is 36.0. The number of ether oxygens (including phenoxy) is 4. The molecule has 4 bridgehead atoms. The van der Waals surface area contributed by atoms with E-state index in [-0.39, 0.29) is 25.2 Å². The van der Waals surface area contributed by atoms with Crippen LogP contribution in [0, 0.1) is 11.8 Å². The van der Waals surface area contributed by atoms with E-state index in [1.54, 1.807) is 17.6 Å². The molecular formula is C30H40N2O9. The summed E-state index contributed by atoms with van der Waals surface area (Å²) >= 11 is 0. The molecule has 224 valence electrons. The second-order valence-corrected chi connectivity index (χ2v) is 11.9. The van der Waals surface area contributed by atoms with Crippen molar-refractivity contribution in [3.63, 3.8) is 0 Å². The molecule has 3 saturated heterocycles. The first-order valence-electron chi connectivity index (χ1n) is 14.8. The van der Waals surface area contributed by atoms with Crippen LogP contribution in [0.1, 0.15) is 57.2 Å². The first-order chi connectivity index (χ1) is 19.7. The van der Waals surface area contributed by atoms with Crippen molar-refractivity contribution in [2.24, 2.45) is 11.8 Å². The van der Waals surface area contributed by atoms with Crippen LogP contribution < -0.4 is 4.74 Å². The number of esters is 1. The Bertz CT molecular complexity index is 1310. The third kappa shape index (κ3) is 4.91. The second kappa shape index (κ2) is 11.2. The average Bonchev–Trinajstić information content (AvgIpc) is 3.23. The molecule has 1 aliphatic carbocycles. The van der Waals surface area contributed by atoms with Gasteiger partial charge in [0.2, 0.25) is 6.29 Å². The highest BCUT2D eigenvalue weighted by atomic mass is 16.7. The van der Waals surface area contributed by atoms with Gasteiger partial charge in [0, 0.05) is 43.1 Å². The van der Waals surface area contributed by atoms with Crippen molar-refractivity contribution in [3.8, 4) is 5.75 Å². The van der Waals surface area contributed by atoms with Crippen molar-refractivity contribution in [2.45, 2.75) is 89.1 Å². The lowest BCUT2D eigenvalue weighted by molar-refractivity contribution is -0.278. The molecule has 4 aliphatic heterocycles. The molecule has 7 rings (SSSR count). The molecule has 1 saturated carbocycles. The number of fused-ring (bicyclic) bond motifs is 4. The van der Waals surface area contributed by atoms with Gasteiger partial charge in [0.1, 0.15) is 36.8 Å². The summed E-state index contributed by atoms with van der Waals surface area (Å²) in [4.78, 5) is 27.3. The molecule has 11 nitrogen and oxygen atoms in total. The Morgan fingerprint density at radius 3 is 2.61 bits per heavy atom. The number of rotatable bonds is 6. The number of aromatic nitrogens is 1. The van der Waals surface area contributed by atoms with Gasteiger partial charge in [-0.3, -0.25) is 9.69 Å². The molecule has 5 aliphatic rings. The zero-order valence-electron chi connectivity index (χ0n) is 23.8. The van der Waals surface area contributed by atoms with Gasteiger partial charge in [0.05, 0.1) is 12.1 Å². The molecule has 0 spiro atoms. The van der Waals surface area contributed by atoms with E-state index < -0.39 is 36.7 Å². The predicted octanol–water partition coefficient (Wildman–Crippen LogP) is 2.16. The van der Waals surface area contributed by atoms with Gasteiger partial charge in [-0.2, -0.15) is 0 Å². The molecule has 3 N–H and O–H groups in total. The fourth-order valence-corrected chi connectivity index (χ4v) is 7.77. The maximum atomic E-state index is 13.4. The zero-order valence-corrected chi connectivity index (χ0v) is 23.8. The molecular weight excluding hydrogens is 532 g/mol. The molecule has 10 atom stereocenters. The second-order valence-electron chi connectivity index (χ2n) is 11.9. The van der Waals surface area contributed by atoms with Gasteiger partial charge in [-0.05, 0) is 61.8 Å². The van der Waals surface area contributed by atoms with E-state index in [4.69, 9.17) is 18.9 Å². The van der Waals surface area contributed by atoms with Gasteiger partial charge in [-0.15, -0.1) is 0 Å². The smallest absolute Gasteiger partial charge is 0.418 e. The lowest BCUT2D eigenvalue weighted by atomic mass is 9.65. The van der Waals surface area contributed by atoms with Crippen molar-refractivity contribution >= 4 is 23.0 Å². The molecule has 1 aromatic heterocycles. The van der Waals surface area contributed by atoms with Crippen LogP contribution in [-0.2, 0) is 25.4 Å². The van der Waals surface area contributed by atoms with Gasteiger partial charge in [0.15, 0.2) is 0 Å². The highest BCUT2D eigenvalue weighted by molar-refractivity contribution is 5.95. The summed E-state index contributed by atoms with van der Waals surface area (Å²) in [6.45, 7) is 7.29. The van der Waals surface area contributed by atoms with Crippen LogP contribution in [0.2, 0.25) is 0 Å². The summed E-state index contributed by atoms with van der Waals surface area (Å²) in [6.07, 6.45) is -3.15. The largest absolute Gasteiger partial charge is 0.463 e. The monoisotopic (exact) mass is 572 g/mol. The number of carbonyl (C=O) groups excluding carboxylic acids is 2. The Labute approximate surface area is 238 Å². The summed E-state index contributed by atoms with van der Waals surface area (Å²) in [5.41, 5.74) is 2.90. The van der Waals surface area contributed by atoms with Crippen molar-refractivity contribution < 1.29 is 43.9 Å². The number of carbonyl (C=O) groups is 2. The summed E-state index contributed by atoms with van der Waals surface area (Å²) in [5, 5.41) is 32.2. The van der Waals surface area contributed by atoms with Crippen LogP contribution in [0.3, 0.4) is 0 Å². The lowest BCUT2D eigenvalue weighted by Crippen LogP contribution is -2.60. The topological polar surface area (TPSA) is 140 Å². The average molecular weight is 573 g/mol. The lowest BCUT2D eigenvalue weighted by Gasteiger charge is -2.53. The van der Waals surface area contributed by atoms with Gasteiger partial charge < -0.3 is 34.3 Å². The number of hydrogen-bond acceptors (Lipinski definition) is 10. The van der Waals surface area contributed by atoms with Crippen molar-refractivity contribution in [1.82, 2.24) is 9.47 Å². The van der Waals surface area contributed by atoms with Crippen molar-refractivity contribution in [2.75, 3.05) is 26.3 Å². The third-order valence-electron chi connectivity index (χ3n) is 9.46. The van der Waals surface area contributed by atoms with E-state index in [0.29, 0.717) is 23.6 Å². The van der Waals surface area contributed by atoms with E-state index >= 15 is 0 Å². The van der Waals surface area contributed by atoms with Crippen LogP contribution in [0.4, 0.5) is 4.79 Å². The minimum atomic E-state index is -1.56. The van der Waals surface area contributed by atoms with Crippen LogP contribution in [0.5, 0.6) is 5.75 Å². The fraction of sp³-hybridized carbons (Fsp3) is 0.667. The Balaban J connectivity index is 1.37. The maximum Gasteiger partial charge on any atom is 0.418 e. The number of benzene rings is 1. The molecule has 11 heteroatoms. The van der Waals surface area contributed by atoms with Gasteiger partial charge in [-0.25, -0.2) is 9.36 Å². The van der Waals surface area contributed by atoms with Crippen molar-refractivity contribution in [3.05, 3.63) is 29.5 Å². The molecule has 41 heavy (non-hydrogen) atoms. The maximum absolute atomic E-state index is 13.4. The molecule has 1 aromatic carbocycles. The Morgan fingerprint density at radius 2 is 1.88 bits per heavy atom. The molecule has 2 aromatic rings. The summed E-state index contributed by atoms with van der Waals surface area (Å²) in [7, 11) is 0. The predicted molar refractivity (Wildman–Crippen MR) is 147 cm³/mol.